The normalized spacial score (nSPS) is 12.9. The summed E-state index contributed by atoms with van der Waals surface area (Å²) in [5.41, 5.74) is 0.285. The molecule has 0 heterocycles. The van der Waals surface area contributed by atoms with E-state index in [4.69, 9.17) is 5.11 Å². The number of hydrogen-bond donors (Lipinski definition) is 1. The van der Waals surface area contributed by atoms with Gasteiger partial charge in [0.25, 0.3) is 0 Å². The maximum atomic E-state index is 8.76. The first-order chi connectivity index (χ1) is 5.87. The van der Waals surface area contributed by atoms with Gasteiger partial charge in [-0.1, -0.05) is 13.8 Å². The van der Waals surface area contributed by atoms with E-state index >= 15 is 0 Å². The average Bonchev–Trinajstić information content (AvgIpc) is 1.81. The first kappa shape index (κ1) is 12.9. The third-order valence-electron chi connectivity index (χ3n) is 1.92. The molecular formula is C10H24N2O. The van der Waals surface area contributed by atoms with Crippen molar-refractivity contribution in [3.63, 3.8) is 0 Å². The molecule has 0 aromatic carbocycles. The second-order valence-corrected chi connectivity index (χ2v) is 4.86. The van der Waals surface area contributed by atoms with E-state index in [-0.39, 0.29) is 12.0 Å². The fraction of sp³-hybridized carbons (Fsp3) is 1.00. The summed E-state index contributed by atoms with van der Waals surface area (Å²) in [6.45, 7) is 7.60. The molecule has 3 heteroatoms. The minimum atomic E-state index is 0.245. The Morgan fingerprint density at radius 2 is 1.62 bits per heavy atom. The third kappa shape index (κ3) is 6.99. The Labute approximate surface area is 82.3 Å². The van der Waals surface area contributed by atoms with Gasteiger partial charge in [0.05, 0.1) is 6.61 Å². The van der Waals surface area contributed by atoms with E-state index in [0.717, 1.165) is 19.6 Å². The molecule has 0 saturated carbocycles. The summed E-state index contributed by atoms with van der Waals surface area (Å²) in [5, 5.41) is 8.76. The van der Waals surface area contributed by atoms with E-state index in [1.54, 1.807) is 0 Å². The standard InChI is InChI=1S/C10H24N2O/c1-10(2,8-11(3)4)9-12(5)6-7-13/h13H,6-9H2,1-5H3. The molecule has 0 atom stereocenters. The zero-order chi connectivity index (χ0) is 10.5. The number of aliphatic hydroxyl groups is 1. The molecule has 0 aliphatic rings. The summed E-state index contributed by atoms with van der Waals surface area (Å²) in [7, 11) is 6.23. The lowest BCUT2D eigenvalue weighted by molar-refractivity contribution is 0.143. The van der Waals surface area contributed by atoms with Crippen molar-refractivity contribution in [3.8, 4) is 0 Å². The van der Waals surface area contributed by atoms with E-state index < -0.39 is 0 Å². The monoisotopic (exact) mass is 188 g/mol. The van der Waals surface area contributed by atoms with Gasteiger partial charge in [-0.2, -0.15) is 0 Å². The Balaban J connectivity index is 3.85. The largest absolute Gasteiger partial charge is 0.395 e. The summed E-state index contributed by atoms with van der Waals surface area (Å²) in [5.74, 6) is 0. The van der Waals surface area contributed by atoms with Gasteiger partial charge in [0.2, 0.25) is 0 Å². The van der Waals surface area contributed by atoms with Gasteiger partial charge in [-0.15, -0.1) is 0 Å². The molecule has 13 heavy (non-hydrogen) atoms. The van der Waals surface area contributed by atoms with Crippen molar-refractivity contribution in [1.29, 1.82) is 0 Å². The van der Waals surface area contributed by atoms with Gasteiger partial charge >= 0.3 is 0 Å². The molecule has 0 amide bonds. The van der Waals surface area contributed by atoms with E-state index in [0.29, 0.717) is 0 Å². The Bertz CT molecular complexity index is 135. The SMILES string of the molecule is CN(C)CC(C)(C)CN(C)CCO. The molecule has 0 saturated heterocycles. The van der Waals surface area contributed by atoms with Crippen LogP contribution in [0.1, 0.15) is 13.8 Å². The molecule has 0 fully saturated rings. The van der Waals surface area contributed by atoms with Crippen molar-refractivity contribution in [2.24, 2.45) is 5.41 Å². The zero-order valence-corrected chi connectivity index (χ0v) is 9.67. The minimum Gasteiger partial charge on any atom is -0.395 e. The predicted molar refractivity (Wildman–Crippen MR) is 56.9 cm³/mol. The smallest absolute Gasteiger partial charge is 0.0558 e. The number of rotatable bonds is 6. The van der Waals surface area contributed by atoms with Crippen molar-refractivity contribution in [2.45, 2.75) is 13.8 Å². The quantitative estimate of drug-likeness (QED) is 0.657. The fourth-order valence-electron chi connectivity index (χ4n) is 1.89. The molecule has 80 valence electrons. The Morgan fingerprint density at radius 3 is 2.00 bits per heavy atom. The second-order valence-electron chi connectivity index (χ2n) is 4.86. The van der Waals surface area contributed by atoms with Crippen LogP contribution in [0.3, 0.4) is 0 Å². The fourth-order valence-corrected chi connectivity index (χ4v) is 1.89. The van der Waals surface area contributed by atoms with Crippen LogP contribution in [0.2, 0.25) is 0 Å². The average molecular weight is 188 g/mol. The summed E-state index contributed by atoms with van der Waals surface area (Å²) in [6, 6.07) is 0. The molecule has 1 N–H and O–H groups in total. The zero-order valence-electron chi connectivity index (χ0n) is 9.67. The molecular weight excluding hydrogens is 164 g/mol. The molecule has 0 unspecified atom stereocenters. The molecule has 3 nitrogen and oxygen atoms in total. The highest BCUT2D eigenvalue weighted by molar-refractivity contribution is 4.74. The summed E-state index contributed by atoms with van der Waals surface area (Å²) >= 11 is 0. The van der Waals surface area contributed by atoms with Gasteiger partial charge in [-0.25, -0.2) is 0 Å². The molecule has 0 spiro atoms. The highest BCUT2D eigenvalue weighted by atomic mass is 16.3. The molecule has 0 aromatic heterocycles. The Hall–Kier alpha value is -0.120. The second kappa shape index (κ2) is 5.58. The molecule has 0 radical (unpaired) electrons. The molecule has 0 aromatic rings. The maximum absolute atomic E-state index is 8.76. The lowest BCUT2D eigenvalue weighted by Crippen LogP contribution is -2.39. The van der Waals surface area contributed by atoms with Crippen LogP contribution in [-0.2, 0) is 0 Å². The van der Waals surface area contributed by atoms with Crippen LogP contribution in [0.4, 0.5) is 0 Å². The van der Waals surface area contributed by atoms with Crippen molar-refractivity contribution < 1.29 is 5.11 Å². The van der Waals surface area contributed by atoms with Crippen LogP contribution in [-0.4, -0.2) is 62.3 Å². The van der Waals surface area contributed by atoms with Gasteiger partial charge in [-0.3, -0.25) is 0 Å². The van der Waals surface area contributed by atoms with Crippen molar-refractivity contribution in [3.05, 3.63) is 0 Å². The maximum Gasteiger partial charge on any atom is 0.0558 e. The van der Waals surface area contributed by atoms with Crippen molar-refractivity contribution in [2.75, 3.05) is 47.4 Å². The van der Waals surface area contributed by atoms with E-state index in [9.17, 15) is 0 Å². The van der Waals surface area contributed by atoms with Gasteiger partial charge in [0.1, 0.15) is 0 Å². The summed E-state index contributed by atoms with van der Waals surface area (Å²) in [6.07, 6.45) is 0. The van der Waals surface area contributed by atoms with Crippen molar-refractivity contribution in [1.82, 2.24) is 9.80 Å². The highest BCUT2D eigenvalue weighted by Crippen LogP contribution is 2.16. The predicted octanol–water partition coefficient (Wildman–Crippen LogP) is 0.498. The molecule has 0 rings (SSSR count). The van der Waals surface area contributed by atoms with Crippen LogP contribution in [0.5, 0.6) is 0 Å². The van der Waals surface area contributed by atoms with Gasteiger partial charge in [0.15, 0.2) is 0 Å². The van der Waals surface area contributed by atoms with Gasteiger partial charge in [0, 0.05) is 19.6 Å². The first-order valence-corrected chi connectivity index (χ1v) is 4.81. The highest BCUT2D eigenvalue weighted by Gasteiger charge is 2.20. The van der Waals surface area contributed by atoms with E-state index in [1.165, 1.54) is 0 Å². The van der Waals surface area contributed by atoms with Crippen LogP contribution in [0.25, 0.3) is 0 Å². The first-order valence-electron chi connectivity index (χ1n) is 4.81. The van der Waals surface area contributed by atoms with Crippen LogP contribution >= 0.6 is 0 Å². The minimum absolute atomic E-state index is 0.245. The Kier molecular flexibility index (Phi) is 5.53. The van der Waals surface area contributed by atoms with Gasteiger partial charge in [-0.05, 0) is 26.6 Å². The third-order valence-corrected chi connectivity index (χ3v) is 1.92. The van der Waals surface area contributed by atoms with Gasteiger partial charge < -0.3 is 14.9 Å². The van der Waals surface area contributed by atoms with Crippen LogP contribution in [0.15, 0.2) is 0 Å². The number of hydrogen-bond acceptors (Lipinski definition) is 3. The number of aliphatic hydroxyl groups excluding tert-OH is 1. The topological polar surface area (TPSA) is 26.7 Å². The molecule has 0 bridgehead atoms. The van der Waals surface area contributed by atoms with E-state index in [2.05, 4.69) is 37.7 Å². The summed E-state index contributed by atoms with van der Waals surface area (Å²) < 4.78 is 0. The lowest BCUT2D eigenvalue weighted by atomic mass is 9.92. The lowest BCUT2D eigenvalue weighted by Gasteiger charge is -2.32. The van der Waals surface area contributed by atoms with E-state index in [1.807, 2.05) is 7.05 Å². The Morgan fingerprint density at radius 1 is 1.08 bits per heavy atom. The van der Waals surface area contributed by atoms with Crippen molar-refractivity contribution >= 4 is 0 Å². The number of nitrogens with zero attached hydrogens (tertiary/aromatic N) is 2. The molecule has 0 aliphatic carbocycles. The van der Waals surface area contributed by atoms with Crippen LogP contribution < -0.4 is 0 Å². The number of likely N-dealkylation sites (N-methyl/N-ethyl adjacent to an activating group) is 1. The molecule has 0 aliphatic heterocycles. The summed E-state index contributed by atoms with van der Waals surface area (Å²) in [4.78, 5) is 4.37. The van der Waals surface area contributed by atoms with Crippen LogP contribution in [0, 0.1) is 5.41 Å².